The number of fused-ring (bicyclic) bond motifs is 1. The molecule has 7 heteroatoms. The molecule has 2 N–H and O–H groups in total. The molecule has 0 bridgehead atoms. The van der Waals surface area contributed by atoms with Gasteiger partial charge in [0.2, 0.25) is 0 Å². The van der Waals surface area contributed by atoms with E-state index in [0.717, 1.165) is 16.7 Å². The smallest absolute Gasteiger partial charge is 0.310 e. The lowest BCUT2D eigenvalue weighted by molar-refractivity contribution is -0.134. The Morgan fingerprint density at radius 3 is 2.64 bits per heavy atom. The van der Waals surface area contributed by atoms with Crippen molar-refractivity contribution in [1.82, 2.24) is 0 Å². The normalized spacial score (nSPS) is 16.4. The predicted octanol–water partition coefficient (Wildman–Crippen LogP) is 4.47. The zero-order chi connectivity index (χ0) is 18.1. The largest absolute Gasteiger partial charge is 0.426 e. The molecule has 0 saturated heterocycles. The molecule has 4 nitrogen and oxygen atoms in total. The molecule has 25 heavy (non-hydrogen) atoms. The minimum absolute atomic E-state index is 0.200. The molecule has 0 unspecified atom stereocenters. The maximum atomic E-state index is 13.5. The van der Waals surface area contributed by atoms with Gasteiger partial charge in [0, 0.05) is 24.0 Å². The highest BCUT2D eigenvalue weighted by Gasteiger charge is 2.26. The first kappa shape index (κ1) is 18.1. The minimum Gasteiger partial charge on any atom is -0.426 e. The number of ether oxygens (including phenoxy) is 2. The number of nitrogens with two attached hydrogens (primary N) is 1. The van der Waals surface area contributed by atoms with E-state index < -0.39 is 12.0 Å². The molecule has 0 aliphatic carbocycles. The van der Waals surface area contributed by atoms with Crippen molar-refractivity contribution in [3.8, 4) is 16.9 Å². The summed E-state index contributed by atoms with van der Waals surface area (Å²) in [5, 5.41) is 0.399. The van der Waals surface area contributed by atoms with Crippen LogP contribution in [-0.2, 0) is 22.6 Å². The van der Waals surface area contributed by atoms with Crippen molar-refractivity contribution in [2.45, 2.75) is 32.6 Å². The van der Waals surface area contributed by atoms with Crippen LogP contribution in [0.15, 0.2) is 24.3 Å². The van der Waals surface area contributed by atoms with Crippen molar-refractivity contribution < 1.29 is 18.7 Å². The van der Waals surface area contributed by atoms with Crippen molar-refractivity contribution in [2.24, 2.45) is 5.73 Å². The van der Waals surface area contributed by atoms with E-state index in [-0.39, 0.29) is 29.0 Å². The second-order valence-corrected chi connectivity index (χ2v) is 6.51. The summed E-state index contributed by atoms with van der Waals surface area (Å²) in [5.41, 5.74) is 8.71. The molecule has 2 aromatic carbocycles. The van der Waals surface area contributed by atoms with Gasteiger partial charge < -0.3 is 15.2 Å². The highest BCUT2D eigenvalue weighted by molar-refractivity contribution is 6.39. The van der Waals surface area contributed by atoms with E-state index in [1.165, 1.54) is 12.1 Å². The summed E-state index contributed by atoms with van der Waals surface area (Å²) in [6, 6.07) is 5.83. The quantitative estimate of drug-likeness (QED) is 0.627. The summed E-state index contributed by atoms with van der Waals surface area (Å²) in [5.74, 6) is -0.435. The third-order valence-electron chi connectivity index (χ3n) is 4.02. The first-order chi connectivity index (χ1) is 11.9. The molecule has 0 amide bonds. The first-order valence-electron chi connectivity index (χ1n) is 7.78. The summed E-state index contributed by atoms with van der Waals surface area (Å²) in [6.45, 7) is 1.92. The van der Waals surface area contributed by atoms with Gasteiger partial charge in [-0.15, -0.1) is 0 Å². The monoisotopic (exact) mass is 383 g/mol. The Hall–Kier alpha value is -1.66. The molecular formula is C18H16Cl2FNO3. The summed E-state index contributed by atoms with van der Waals surface area (Å²) in [4.78, 5) is 11.7. The second-order valence-electron chi connectivity index (χ2n) is 5.69. The summed E-state index contributed by atoms with van der Waals surface area (Å²) < 4.78 is 24.4. The van der Waals surface area contributed by atoms with Crippen LogP contribution in [0.3, 0.4) is 0 Å². The highest BCUT2D eigenvalue weighted by atomic mass is 35.5. The second kappa shape index (κ2) is 7.30. The Kier molecular flexibility index (Phi) is 5.29. The number of halogens is 3. The van der Waals surface area contributed by atoms with E-state index in [4.69, 9.17) is 38.4 Å². The van der Waals surface area contributed by atoms with Gasteiger partial charge >= 0.3 is 5.97 Å². The van der Waals surface area contributed by atoms with E-state index in [9.17, 15) is 9.18 Å². The number of carbonyl (C=O) groups is 1. The molecular weight excluding hydrogens is 368 g/mol. The molecule has 0 spiro atoms. The number of esters is 1. The molecule has 1 aliphatic rings. The van der Waals surface area contributed by atoms with Gasteiger partial charge in [0.05, 0.1) is 16.7 Å². The molecule has 132 valence electrons. The van der Waals surface area contributed by atoms with Crippen LogP contribution in [0, 0.1) is 5.82 Å². The molecule has 3 rings (SSSR count). The van der Waals surface area contributed by atoms with Gasteiger partial charge in [-0.05, 0) is 29.3 Å². The zero-order valence-corrected chi connectivity index (χ0v) is 15.0. The van der Waals surface area contributed by atoms with Crippen LogP contribution in [0.4, 0.5) is 4.39 Å². The van der Waals surface area contributed by atoms with Gasteiger partial charge in [-0.1, -0.05) is 36.2 Å². The van der Waals surface area contributed by atoms with E-state index in [1.807, 2.05) is 0 Å². The van der Waals surface area contributed by atoms with E-state index >= 15 is 0 Å². The van der Waals surface area contributed by atoms with Crippen molar-refractivity contribution >= 4 is 29.2 Å². The van der Waals surface area contributed by atoms with Crippen LogP contribution in [0.5, 0.6) is 5.75 Å². The number of benzene rings is 2. The standard InChI is InChI=1S/C18H16Cl2FNO3/c1-2-17(23)25-15-4-3-10(11-7-16(22)24-8-12(11)15)18-13(19)5-9(21)6-14(18)20/h3-6,16H,2,7-8,22H2,1H3/t16-/m0/s1. The third kappa shape index (κ3) is 3.65. The number of rotatable bonds is 3. The summed E-state index contributed by atoms with van der Waals surface area (Å²) >= 11 is 12.4. The molecule has 0 fully saturated rings. The fourth-order valence-electron chi connectivity index (χ4n) is 2.84. The Morgan fingerprint density at radius 1 is 1.32 bits per heavy atom. The average Bonchev–Trinajstić information content (AvgIpc) is 2.55. The van der Waals surface area contributed by atoms with Crippen LogP contribution in [0.2, 0.25) is 10.0 Å². The van der Waals surface area contributed by atoms with Crippen molar-refractivity contribution in [2.75, 3.05) is 0 Å². The molecule has 1 aliphatic heterocycles. The summed E-state index contributed by atoms with van der Waals surface area (Å²) in [6.07, 6.45) is 0.153. The van der Waals surface area contributed by atoms with Crippen LogP contribution in [0.1, 0.15) is 24.5 Å². The van der Waals surface area contributed by atoms with Gasteiger partial charge in [-0.25, -0.2) is 4.39 Å². The van der Waals surface area contributed by atoms with Crippen LogP contribution in [-0.4, -0.2) is 12.2 Å². The molecule has 0 aromatic heterocycles. The molecule has 2 aromatic rings. The molecule has 1 atom stereocenters. The van der Waals surface area contributed by atoms with Crippen molar-refractivity contribution in [1.29, 1.82) is 0 Å². The lowest BCUT2D eigenvalue weighted by Crippen LogP contribution is -2.31. The van der Waals surface area contributed by atoms with Gasteiger partial charge in [-0.3, -0.25) is 4.79 Å². The minimum atomic E-state index is -0.513. The van der Waals surface area contributed by atoms with Crippen molar-refractivity contribution in [3.05, 3.63) is 51.3 Å². The first-order valence-corrected chi connectivity index (χ1v) is 8.53. The van der Waals surface area contributed by atoms with Crippen LogP contribution < -0.4 is 10.5 Å². The number of hydrogen-bond acceptors (Lipinski definition) is 4. The van der Waals surface area contributed by atoms with E-state index in [1.54, 1.807) is 19.1 Å². The van der Waals surface area contributed by atoms with Gasteiger partial charge in [-0.2, -0.15) is 0 Å². The maximum Gasteiger partial charge on any atom is 0.310 e. The average molecular weight is 384 g/mol. The lowest BCUT2D eigenvalue weighted by Gasteiger charge is -2.27. The Labute approximate surface area is 154 Å². The predicted molar refractivity (Wildman–Crippen MR) is 94.3 cm³/mol. The highest BCUT2D eigenvalue weighted by Crippen LogP contribution is 2.42. The van der Waals surface area contributed by atoms with Gasteiger partial charge in [0.25, 0.3) is 0 Å². The fourth-order valence-corrected chi connectivity index (χ4v) is 3.50. The Balaban J connectivity index is 2.18. The maximum absolute atomic E-state index is 13.5. The van der Waals surface area contributed by atoms with Gasteiger partial charge in [0.15, 0.2) is 0 Å². The Bertz CT molecular complexity index is 818. The third-order valence-corrected chi connectivity index (χ3v) is 4.62. The lowest BCUT2D eigenvalue weighted by atomic mass is 9.91. The fraction of sp³-hybridized carbons (Fsp3) is 0.278. The SMILES string of the molecule is CCC(=O)Oc1ccc(-c2c(Cl)cc(F)cc2Cl)c2c1CO[C@H](N)C2. The topological polar surface area (TPSA) is 61.5 Å². The molecule has 0 radical (unpaired) electrons. The summed E-state index contributed by atoms with van der Waals surface area (Å²) in [7, 11) is 0. The zero-order valence-electron chi connectivity index (χ0n) is 13.4. The number of carbonyl (C=O) groups excluding carboxylic acids is 1. The van der Waals surface area contributed by atoms with Crippen LogP contribution in [0.25, 0.3) is 11.1 Å². The number of hydrogen-bond donors (Lipinski definition) is 1. The van der Waals surface area contributed by atoms with E-state index in [0.29, 0.717) is 17.7 Å². The molecule has 1 heterocycles. The molecule has 0 saturated carbocycles. The van der Waals surface area contributed by atoms with Crippen molar-refractivity contribution in [3.63, 3.8) is 0 Å². The van der Waals surface area contributed by atoms with E-state index in [2.05, 4.69) is 0 Å². The van der Waals surface area contributed by atoms with Gasteiger partial charge in [0.1, 0.15) is 17.8 Å². The van der Waals surface area contributed by atoms with Crippen LogP contribution >= 0.6 is 23.2 Å². The Morgan fingerprint density at radius 2 is 2.00 bits per heavy atom.